The molecule has 3 rings (SSSR count). The van der Waals surface area contributed by atoms with E-state index in [0.717, 1.165) is 26.3 Å². The first-order chi connectivity index (χ1) is 12.8. The highest BCUT2D eigenvalue weighted by molar-refractivity contribution is 7.07. The first-order valence-corrected chi connectivity index (χ1v) is 9.58. The molecule has 1 aromatic carbocycles. The quantitative estimate of drug-likeness (QED) is 0.766. The fourth-order valence-electron chi connectivity index (χ4n) is 2.95. The van der Waals surface area contributed by atoms with Crippen molar-refractivity contribution >= 4 is 17.2 Å². The number of thiophene rings is 1. The van der Waals surface area contributed by atoms with Crippen molar-refractivity contribution in [2.45, 2.75) is 6.04 Å². The van der Waals surface area contributed by atoms with Crippen LogP contribution < -0.4 is 14.8 Å². The first-order valence-electron chi connectivity index (χ1n) is 8.64. The fraction of sp³-hybridized carbons (Fsp3) is 0.421. The van der Waals surface area contributed by atoms with Crippen LogP contribution in [0.25, 0.3) is 0 Å². The zero-order chi connectivity index (χ0) is 18.2. The van der Waals surface area contributed by atoms with Gasteiger partial charge in [0.1, 0.15) is 0 Å². The van der Waals surface area contributed by atoms with Gasteiger partial charge in [0.15, 0.2) is 18.1 Å². The molecule has 0 bridgehead atoms. The van der Waals surface area contributed by atoms with Crippen LogP contribution in [-0.4, -0.2) is 57.4 Å². The molecule has 7 heteroatoms. The third-order valence-electron chi connectivity index (χ3n) is 4.33. The molecule has 0 spiro atoms. The van der Waals surface area contributed by atoms with Crippen molar-refractivity contribution in [3.63, 3.8) is 0 Å². The van der Waals surface area contributed by atoms with Gasteiger partial charge in [-0.05, 0) is 34.5 Å². The lowest BCUT2D eigenvalue weighted by molar-refractivity contribution is -0.123. The van der Waals surface area contributed by atoms with E-state index in [-0.39, 0.29) is 18.6 Å². The molecule has 26 heavy (non-hydrogen) atoms. The number of morpholine rings is 1. The second kappa shape index (κ2) is 9.56. The molecule has 1 saturated heterocycles. The van der Waals surface area contributed by atoms with Gasteiger partial charge in [0.25, 0.3) is 5.91 Å². The van der Waals surface area contributed by atoms with Crippen LogP contribution in [0.5, 0.6) is 11.5 Å². The van der Waals surface area contributed by atoms with Gasteiger partial charge in [-0.3, -0.25) is 9.69 Å². The van der Waals surface area contributed by atoms with Gasteiger partial charge in [-0.25, -0.2) is 0 Å². The van der Waals surface area contributed by atoms with E-state index in [1.165, 1.54) is 5.56 Å². The van der Waals surface area contributed by atoms with Crippen molar-refractivity contribution in [2.75, 3.05) is 46.6 Å². The summed E-state index contributed by atoms with van der Waals surface area (Å²) in [6, 6.07) is 9.56. The highest BCUT2D eigenvalue weighted by Crippen LogP contribution is 2.26. The van der Waals surface area contributed by atoms with Crippen LogP contribution >= 0.6 is 11.3 Å². The SMILES string of the molecule is COc1ccccc1OCC(=O)NC[C@H](c1ccsc1)N1CCOCC1. The van der Waals surface area contributed by atoms with E-state index < -0.39 is 0 Å². The van der Waals surface area contributed by atoms with Crippen LogP contribution in [0.4, 0.5) is 0 Å². The normalized spacial score (nSPS) is 16.0. The predicted octanol–water partition coefficient (Wildman–Crippen LogP) is 2.33. The van der Waals surface area contributed by atoms with Crippen LogP contribution in [0.15, 0.2) is 41.1 Å². The van der Waals surface area contributed by atoms with Crippen molar-refractivity contribution in [1.29, 1.82) is 0 Å². The van der Waals surface area contributed by atoms with Crippen molar-refractivity contribution in [2.24, 2.45) is 0 Å². The maximum atomic E-state index is 12.3. The molecule has 1 atom stereocenters. The monoisotopic (exact) mass is 376 g/mol. The second-order valence-corrected chi connectivity index (χ2v) is 6.74. The van der Waals surface area contributed by atoms with Crippen molar-refractivity contribution in [1.82, 2.24) is 10.2 Å². The summed E-state index contributed by atoms with van der Waals surface area (Å²) in [6.07, 6.45) is 0. The number of para-hydroxylation sites is 2. The second-order valence-electron chi connectivity index (χ2n) is 5.96. The molecular formula is C19H24N2O4S. The zero-order valence-corrected chi connectivity index (χ0v) is 15.7. The maximum Gasteiger partial charge on any atom is 0.258 e. The fourth-order valence-corrected chi connectivity index (χ4v) is 3.66. The van der Waals surface area contributed by atoms with Crippen molar-refractivity contribution in [3.05, 3.63) is 46.7 Å². The Morgan fingerprint density at radius 2 is 2.04 bits per heavy atom. The molecule has 2 aromatic rings. The molecule has 0 unspecified atom stereocenters. The smallest absolute Gasteiger partial charge is 0.258 e. The predicted molar refractivity (Wildman–Crippen MR) is 101 cm³/mol. The number of nitrogens with one attached hydrogen (secondary N) is 1. The minimum absolute atomic E-state index is 0.0418. The number of methoxy groups -OCH3 is 1. The number of hydrogen-bond acceptors (Lipinski definition) is 6. The highest BCUT2D eigenvalue weighted by Gasteiger charge is 2.23. The number of hydrogen-bond donors (Lipinski definition) is 1. The Balaban J connectivity index is 1.54. The Kier molecular flexibility index (Phi) is 6.88. The Bertz CT molecular complexity index is 687. The molecule has 1 fully saturated rings. The largest absolute Gasteiger partial charge is 0.493 e. The summed E-state index contributed by atoms with van der Waals surface area (Å²) in [5.41, 5.74) is 1.22. The lowest BCUT2D eigenvalue weighted by Gasteiger charge is -2.34. The minimum atomic E-state index is -0.149. The standard InChI is InChI=1S/C19H24N2O4S/c1-23-17-4-2-3-5-18(17)25-13-19(22)20-12-16(15-6-11-26-14-15)21-7-9-24-10-8-21/h2-6,11,14,16H,7-10,12-13H2,1H3,(H,20,22)/t16-/m1/s1. The zero-order valence-electron chi connectivity index (χ0n) is 14.8. The number of ether oxygens (including phenoxy) is 3. The van der Waals surface area contributed by atoms with Crippen LogP contribution in [0, 0.1) is 0 Å². The van der Waals surface area contributed by atoms with Gasteiger partial charge < -0.3 is 19.5 Å². The third-order valence-corrected chi connectivity index (χ3v) is 5.04. The van der Waals surface area contributed by atoms with Crippen molar-refractivity contribution < 1.29 is 19.0 Å². The van der Waals surface area contributed by atoms with Crippen LogP contribution in [0.3, 0.4) is 0 Å². The molecule has 1 N–H and O–H groups in total. The summed E-state index contributed by atoms with van der Waals surface area (Å²) in [7, 11) is 1.58. The van der Waals surface area contributed by atoms with Gasteiger partial charge in [-0.1, -0.05) is 12.1 Å². The molecule has 1 amide bonds. The van der Waals surface area contributed by atoms with Crippen LogP contribution in [0.1, 0.15) is 11.6 Å². The van der Waals surface area contributed by atoms with Gasteiger partial charge in [-0.15, -0.1) is 0 Å². The van der Waals surface area contributed by atoms with Gasteiger partial charge in [0.05, 0.1) is 26.4 Å². The molecule has 0 saturated carbocycles. The number of rotatable bonds is 8. The molecule has 2 heterocycles. The summed E-state index contributed by atoms with van der Waals surface area (Å²) in [5.74, 6) is 1.03. The summed E-state index contributed by atoms with van der Waals surface area (Å²) in [5, 5.41) is 7.19. The van der Waals surface area contributed by atoms with Gasteiger partial charge in [0, 0.05) is 19.6 Å². The van der Waals surface area contributed by atoms with Crippen LogP contribution in [0.2, 0.25) is 0 Å². The van der Waals surface area contributed by atoms with Crippen LogP contribution in [-0.2, 0) is 9.53 Å². The summed E-state index contributed by atoms with van der Waals surface area (Å²) >= 11 is 1.67. The van der Waals surface area contributed by atoms with Crippen molar-refractivity contribution in [3.8, 4) is 11.5 Å². The highest BCUT2D eigenvalue weighted by atomic mass is 32.1. The Morgan fingerprint density at radius 3 is 2.73 bits per heavy atom. The van der Waals surface area contributed by atoms with E-state index in [9.17, 15) is 4.79 Å². The number of carbonyl (C=O) groups excluding carboxylic acids is 1. The van der Waals surface area contributed by atoms with Gasteiger partial charge in [0.2, 0.25) is 0 Å². The molecular weight excluding hydrogens is 352 g/mol. The Labute approximate surface area is 157 Å². The maximum absolute atomic E-state index is 12.3. The number of carbonyl (C=O) groups is 1. The number of nitrogens with zero attached hydrogens (tertiary/aromatic N) is 1. The molecule has 1 aromatic heterocycles. The summed E-state index contributed by atoms with van der Waals surface area (Å²) in [6.45, 7) is 3.70. The van der Waals surface area contributed by atoms with Gasteiger partial charge in [-0.2, -0.15) is 11.3 Å². The molecule has 0 radical (unpaired) electrons. The molecule has 1 aliphatic heterocycles. The van der Waals surface area contributed by atoms with E-state index in [1.807, 2.05) is 12.1 Å². The molecule has 140 valence electrons. The summed E-state index contributed by atoms with van der Waals surface area (Å²) in [4.78, 5) is 14.6. The lowest BCUT2D eigenvalue weighted by Crippen LogP contribution is -2.44. The third kappa shape index (κ3) is 4.97. The van der Waals surface area contributed by atoms with E-state index in [1.54, 1.807) is 30.6 Å². The average Bonchev–Trinajstić information content (AvgIpc) is 3.22. The molecule has 6 nitrogen and oxygen atoms in total. The average molecular weight is 376 g/mol. The summed E-state index contributed by atoms with van der Waals surface area (Å²) < 4.78 is 16.3. The first kappa shape index (κ1) is 18.7. The Morgan fingerprint density at radius 1 is 1.27 bits per heavy atom. The van der Waals surface area contributed by atoms with E-state index in [2.05, 4.69) is 27.0 Å². The molecule has 0 aliphatic carbocycles. The van der Waals surface area contributed by atoms with Gasteiger partial charge >= 0.3 is 0 Å². The molecule has 1 aliphatic rings. The van der Waals surface area contributed by atoms with E-state index >= 15 is 0 Å². The number of amides is 1. The van der Waals surface area contributed by atoms with E-state index in [4.69, 9.17) is 14.2 Å². The topological polar surface area (TPSA) is 60.0 Å². The lowest BCUT2D eigenvalue weighted by atomic mass is 10.1. The number of benzene rings is 1. The van der Waals surface area contributed by atoms with E-state index in [0.29, 0.717) is 18.0 Å². The Hall–Kier alpha value is -2.09. The minimum Gasteiger partial charge on any atom is -0.493 e.